The molecule has 2 heterocycles. The lowest BCUT2D eigenvalue weighted by Gasteiger charge is -2.19. The fourth-order valence-electron chi connectivity index (χ4n) is 4.07. The number of ether oxygens (including phenoxy) is 4. The highest BCUT2D eigenvalue weighted by atomic mass is 32.1. The van der Waals surface area contributed by atoms with E-state index in [0.29, 0.717) is 24.7 Å². The molecule has 0 saturated carbocycles. The van der Waals surface area contributed by atoms with Crippen LogP contribution in [0.3, 0.4) is 0 Å². The van der Waals surface area contributed by atoms with Crippen molar-refractivity contribution in [2.75, 3.05) is 13.2 Å². The molecule has 1 aliphatic heterocycles. The van der Waals surface area contributed by atoms with Gasteiger partial charge in [-0.15, -0.1) is 11.3 Å². The van der Waals surface area contributed by atoms with Crippen LogP contribution in [0.25, 0.3) is 10.4 Å². The fraction of sp³-hybridized carbons (Fsp3) is 0.200. The Hall–Kier alpha value is -4.30. The van der Waals surface area contributed by atoms with Gasteiger partial charge in [0, 0.05) is 6.42 Å². The van der Waals surface area contributed by atoms with E-state index in [2.05, 4.69) is 5.32 Å². The van der Waals surface area contributed by atoms with Crippen molar-refractivity contribution in [1.82, 2.24) is 5.32 Å². The Morgan fingerprint density at radius 1 is 0.763 bits per heavy atom. The summed E-state index contributed by atoms with van der Waals surface area (Å²) in [6, 6.07) is 27.7. The van der Waals surface area contributed by atoms with Gasteiger partial charge in [-0.1, -0.05) is 91.0 Å². The number of benzene rings is 3. The third-order valence-corrected chi connectivity index (χ3v) is 7.10. The molecule has 0 fully saturated rings. The molecule has 0 bridgehead atoms. The normalized spacial score (nSPS) is 12.8. The van der Waals surface area contributed by atoms with Gasteiger partial charge in [0.25, 0.3) is 0 Å². The Kier molecular flexibility index (Phi) is 8.20. The molecule has 38 heavy (non-hydrogen) atoms. The molecule has 0 saturated heterocycles. The van der Waals surface area contributed by atoms with Crippen LogP contribution in [0.2, 0.25) is 0 Å². The van der Waals surface area contributed by atoms with Gasteiger partial charge < -0.3 is 24.3 Å². The first-order valence-corrected chi connectivity index (χ1v) is 13.1. The molecule has 0 unspecified atom stereocenters. The average Bonchev–Trinajstić information content (AvgIpc) is 3.35. The Morgan fingerprint density at radius 2 is 1.37 bits per heavy atom. The molecule has 1 aromatic heterocycles. The van der Waals surface area contributed by atoms with Gasteiger partial charge in [-0.2, -0.15) is 0 Å². The van der Waals surface area contributed by atoms with Gasteiger partial charge >= 0.3 is 12.1 Å². The molecule has 3 aromatic carbocycles. The molecular formula is C30H27NO6S. The number of thiophene rings is 1. The summed E-state index contributed by atoms with van der Waals surface area (Å²) in [5.74, 6) is 0.704. The zero-order chi connectivity index (χ0) is 26.2. The predicted molar refractivity (Wildman–Crippen MR) is 144 cm³/mol. The molecule has 0 spiro atoms. The summed E-state index contributed by atoms with van der Waals surface area (Å²) in [6.45, 7) is 0.968. The molecule has 4 aromatic rings. The second-order valence-corrected chi connectivity index (χ2v) is 9.74. The van der Waals surface area contributed by atoms with E-state index in [-0.39, 0.29) is 19.6 Å². The van der Waals surface area contributed by atoms with E-state index in [1.54, 1.807) is 0 Å². The quantitative estimate of drug-likeness (QED) is 0.277. The van der Waals surface area contributed by atoms with Gasteiger partial charge in [0.15, 0.2) is 11.5 Å². The Labute approximate surface area is 224 Å². The maximum Gasteiger partial charge on any atom is 0.408 e. The smallest absolute Gasteiger partial charge is 0.408 e. The standard InChI is InChI=1S/C30H27NO6S/c32-29(36-20-25-26-27(35-17-16-34-26)28(38-25)23-14-8-3-9-15-23)24(18-21-10-4-1-5-11-21)31-30(33)37-19-22-12-6-2-7-13-22/h1-15,24H,16-20H2,(H,31,33)/t24-/m0/s1. The van der Waals surface area contributed by atoms with Crippen LogP contribution in [-0.2, 0) is 33.9 Å². The van der Waals surface area contributed by atoms with E-state index in [1.807, 2.05) is 91.0 Å². The van der Waals surface area contributed by atoms with Crippen LogP contribution >= 0.6 is 11.3 Å². The minimum absolute atomic E-state index is 0.00589. The van der Waals surface area contributed by atoms with Crippen molar-refractivity contribution in [3.63, 3.8) is 0 Å². The minimum atomic E-state index is -0.928. The number of nitrogens with one attached hydrogen (secondary N) is 1. The molecule has 0 aliphatic carbocycles. The molecule has 0 radical (unpaired) electrons. The number of alkyl carbamates (subject to hydrolysis) is 1. The zero-order valence-electron chi connectivity index (χ0n) is 20.6. The van der Waals surface area contributed by atoms with Crippen LogP contribution in [0.15, 0.2) is 91.0 Å². The van der Waals surface area contributed by atoms with Crippen molar-refractivity contribution < 1.29 is 28.5 Å². The highest BCUT2D eigenvalue weighted by Crippen LogP contribution is 2.49. The first-order valence-electron chi connectivity index (χ1n) is 12.3. The van der Waals surface area contributed by atoms with E-state index < -0.39 is 18.1 Å². The number of carbonyl (C=O) groups excluding carboxylic acids is 2. The number of amides is 1. The summed E-state index contributed by atoms with van der Waals surface area (Å²) in [6.07, 6.45) is -0.430. The first kappa shape index (κ1) is 25.4. The van der Waals surface area contributed by atoms with Crippen LogP contribution in [-0.4, -0.2) is 31.3 Å². The van der Waals surface area contributed by atoms with Crippen molar-refractivity contribution in [2.24, 2.45) is 0 Å². The van der Waals surface area contributed by atoms with Gasteiger partial charge in [-0.25, -0.2) is 9.59 Å². The third kappa shape index (κ3) is 6.33. The van der Waals surface area contributed by atoms with Crippen molar-refractivity contribution in [2.45, 2.75) is 25.7 Å². The first-order chi connectivity index (χ1) is 18.7. The number of rotatable bonds is 9. The van der Waals surface area contributed by atoms with E-state index in [4.69, 9.17) is 18.9 Å². The van der Waals surface area contributed by atoms with E-state index >= 15 is 0 Å². The highest BCUT2D eigenvalue weighted by molar-refractivity contribution is 7.16. The van der Waals surface area contributed by atoms with Gasteiger partial charge in [-0.3, -0.25) is 0 Å². The Bertz CT molecular complexity index is 1360. The minimum Gasteiger partial charge on any atom is -0.485 e. The molecule has 7 nitrogen and oxygen atoms in total. The number of hydrogen-bond donors (Lipinski definition) is 1. The van der Waals surface area contributed by atoms with Gasteiger partial charge in [0.2, 0.25) is 0 Å². The topological polar surface area (TPSA) is 83.1 Å². The summed E-state index contributed by atoms with van der Waals surface area (Å²) in [5, 5.41) is 2.68. The predicted octanol–water partition coefficient (Wildman–Crippen LogP) is 5.77. The summed E-state index contributed by atoms with van der Waals surface area (Å²) in [5.41, 5.74) is 2.74. The average molecular weight is 530 g/mol. The molecule has 1 N–H and O–H groups in total. The SMILES string of the molecule is O=C(N[C@@H](Cc1ccccc1)C(=O)OCc1sc(-c2ccccc2)c2c1OCCO2)OCc1ccccc1. The van der Waals surface area contributed by atoms with E-state index in [9.17, 15) is 9.59 Å². The van der Waals surface area contributed by atoms with E-state index in [1.165, 1.54) is 11.3 Å². The summed E-state index contributed by atoms with van der Waals surface area (Å²) >= 11 is 1.47. The molecule has 5 rings (SSSR count). The number of esters is 1. The lowest BCUT2D eigenvalue weighted by molar-refractivity contribution is -0.147. The summed E-state index contributed by atoms with van der Waals surface area (Å²) in [7, 11) is 0. The van der Waals surface area contributed by atoms with Crippen molar-refractivity contribution in [1.29, 1.82) is 0 Å². The summed E-state index contributed by atoms with van der Waals surface area (Å²) in [4.78, 5) is 27.5. The summed E-state index contributed by atoms with van der Waals surface area (Å²) < 4.78 is 22.8. The Balaban J connectivity index is 1.28. The maximum absolute atomic E-state index is 13.2. The largest absolute Gasteiger partial charge is 0.485 e. The van der Waals surface area contributed by atoms with Crippen LogP contribution in [0, 0.1) is 0 Å². The molecule has 1 aliphatic rings. The van der Waals surface area contributed by atoms with Gasteiger partial charge in [-0.05, 0) is 16.7 Å². The van der Waals surface area contributed by atoms with Crippen molar-refractivity contribution in [3.8, 4) is 21.9 Å². The third-order valence-electron chi connectivity index (χ3n) is 5.92. The van der Waals surface area contributed by atoms with Crippen LogP contribution in [0.1, 0.15) is 16.0 Å². The number of fused-ring (bicyclic) bond motifs is 1. The number of hydrogen-bond acceptors (Lipinski definition) is 7. The van der Waals surface area contributed by atoms with E-state index in [0.717, 1.165) is 26.4 Å². The van der Waals surface area contributed by atoms with Crippen LogP contribution in [0.5, 0.6) is 11.5 Å². The van der Waals surface area contributed by atoms with Gasteiger partial charge in [0.1, 0.15) is 32.5 Å². The lowest BCUT2D eigenvalue weighted by atomic mass is 10.1. The maximum atomic E-state index is 13.2. The second-order valence-electron chi connectivity index (χ2n) is 8.63. The molecule has 194 valence electrons. The van der Waals surface area contributed by atoms with Crippen LogP contribution < -0.4 is 14.8 Å². The zero-order valence-corrected chi connectivity index (χ0v) is 21.4. The Morgan fingerprint density at radius 3 is 2.05 bits per heavy atom. The molecule has 1 atom stereocenters. The van der Waals surface area contributed by atoms with Crippen LogP contribution in [0.4, 0.5) is 4.79 Å². The lowest BCUT2D eigenvalue weighted by Crippen LogP contribution is -2.43. The molecular weight excluding hydrogens is 502 g/mol. The molecule has 1 amide bonds. The van der Waals surface area contributed by atoms with Crippen molar-refractivity contribution in [3.05, 3.63) is 107 Å². The molecule has 8 heteroatoms. The van der Waals surface area contributed by atoms with Crippen molar-refractivity contribution >= 4 is 23.4 Å². The number of carbonyl (C=O) groups is 2. The van der Waals surface area contributed by atoms with Gasteiger partial charge in [0.05, 0.1) is 9.75 Å². The highest BCUT2D eigenvalue weighted by Gasteiger charge is 2.28. The fourth-order valence-corrected chi connectivity index (χ4v) is 5.18. The second kappa shape index (κ2) is 12.3. The monoisotopic (exact) mass is 529 g/mol.